The van der Waals surface area contributed by atoms with Crippen LogP contribution >= 0.6 is 0 Å². The Morgan fingerprint density at radius 2 is 1.88 bits per heavy atom. The molecule has 0 saturated heterocycles. The van der Waals surface area contributed by atoms with Crippen molar-refractivity contribution in [2.24, 2.45) is 0 Å². The molecule has 0 bridgehead atoms. The summed E-state index contributed by atoms with van der Waals surface area (Å²) in [6, 6.07) is 13.2. The molecule has 0 aromatic heterocycles. The van der Waals surface area contributed by atoms with Crippen molar-refractivity contribution in [3.05, 3.63) is 59.9 Å². The standard InChI is InChI=1S/C19H22FNO4/c1-19(23,11-14-7-9-15(24-2)10-8-14)13-21-18(22)12-25-17-6-4-3-5-16(17)20/h3-10,23H,11-13H2,1-2H3,(H,21,22)/t19-/m0/s1. The van der Waals surface area contributed by atoms with Gasteiger partial charge in [-0.3, -0.25) is 4.79 Å². The molecular formula is C19H22FNO4. The van der Waals surface area contributed by atoms with Crippen molar-refractivity contribution in [1.82, 2.24) is 5.32 Å². The molecule has 0 aliphatic heterocycles. The minimum atomic E-state index is -1.12. The highest BCUT2D eigenvalue weighted by Crippen LogP contribution is 2.17. The molecule has 0 unspecified atom stereocenters. The molecule has 0 aliphatic carbocycles. The fourth-order valence-corrected chi connectivity index (χ4v) is 2.29. The molecule has 0 radical (unpaired) electrons. The number of amides is 1. The van der Waals surface area contributed by atoms with E-state index in [-0.39, 0.29) is 18.9 Å². The summed E-state index contributed by atoms with van der Waals surface area (Å²) in [6.07, 6.45) is 0.367. The van der Waals surface area contributed by atoms with Crippen LogP contribution < -0.4 is 14.8 Å². The zero-order chi connectivity index (χ0) is 18.3. The fourth-order valence-electron chi connectivity index (χ4n) is 2.29. The van der Waals surface area contributed by atoms with Crippen LogP contribution in [0.3, 0.4) is 0 Å². The summed E-state index contributed by atoms with van der Waals surface area (Å²) in [5.41, 5.74) is -0.204. The van der Waals surface area contributed by atoms with E-state index >= 15 is 0 Å². The predicted octanol–water partition coefficient (Wildman–Crippen LogP) is 2.32. The Balaban J connectivity index is 1.79. The Bertz CT molecular complexity index is 701. The topological polar surface area (TPSA) is 67.8 Å². The number of carbonyl (C=O) groups excluding carboxylic acids is 1. The minimum absolute atomic E-state index is 0.0163. The SMILES string of the molecule is COc1ccc(C[C@](C)(O)CNC(=O)COc2ccccc2F)cc1. The summed E-state index contributed by atoms with van der Waals surface area (Å²) in [4.78, 5) is 11.8. The third kappa shape index (κ3) is 6.08. The van der Waals surface area contributed by atoms with E-state index in [1.807, 2.05) is 24.3 Å². The van der Waals surface area contributed by atoms with Gasteiger partial charge in [-0.1, -0.05) is 24.3 Å². The Labute approximate surface area is 146 Å². The van der Waals surface area contributed by atoms with Crippen molar-refractivity contribution in [2.75, 3.05) is 20.3 Å². The van der Waals surface area contributed by atoms with Gasteiger partial charge in [-0.25, -0.2) is 4.39 Å². The molecule has 2 aromatic carbocycles. The van der Waals surface area contributed by atoms with Crippen LogP contribution in [-0.2, 0) is 11.2 Å². The van der Waals surface area contributed by atoms with Crippen LogP contribution in [0.2, 0.25) is 0 Å². The number of carbonyl (C=O) groups is 1. The number of para-hydroxylation sites is 1. The monoisotopic (exact) mass is 347 g/mol. The zero-order valence-corrected chi connectivity index (χ0v) is 14.3. The van der Waals surface area contributed by atoms with Crippen molar-refractivity contribution >= 4 is 5.91 Å². The molecule has 6 heteroatoms. The molecule has 0 aliphatic rings. The maximum absolute atomic E-state index is 13.4. The van der Waals surface area contributed by atoms with Gasteiger partial charge in [0.05, 0.1) is 12.7 Å². The Hall–Kier alpha value is -2.60. The molecule has 0 saturated carbocycles. The highest BCUT2D eigenvalue weighted by molar-refractivity contribution is 5.77. The van der Waals surface area contributed by atoms with Gasteiger partial charge in [0.25, 0.3) is 5.91 Å². The number of benzene rings is 2. The highest BCUT2D eigenvalue weighted by atomic mass is 19.1. The van der Waals surface area contributed by atoms with Crippen molar-refractivity contribution < 1.29 is 23.8 Å². The number of hydrogen-bond acceptors (Lipinski definition) is 4. The van der Waals surface area contributed by atoms with Gasteiger partial charge in [0.2, 0.25) is 0 Å². The molecule has 25 heavy (non-hydrogen) atoms. The number of hydrogen-bond donors (Lipinski definition) is 2. The first kappa shape index (κ1) is 18.7. The largest absolute Gasteiger partial charge is 0.497 e. The fraction of sp³-hybridized carbons (Fsp3) is 0.316. The summed E-state index contributed by atoms with van der Waals surface area (Å²) in [7, 11) is 1.59. The zero-order valence-electron chi connectivity index (χ0n) is 14.3. The van der Waals surface area contributed by atoms with E-state index in [2.05, 4.69) is 5.32 Å². The third-order valence-electron chi connectivity index (χ3n) is 3.61. The summed E-state index contributed by atoms with van der Waals surface area (Å²) < 4.78 is 23.6. The average molecular weight is 347 g/mol. The number of ether oxygens (including phenoxy) is 2. The highest BCUT2D eigenvalue weighted by Gasteiger charge is 2.22. The average Bonchev–Trinajstić information content (AvgIpc) is 2.60. The lowest BCUT2D eigenvalue weighted by Gasteiger charge is -2.24. The first-order valence-electron chi connectivity index (χ1n) is 7.89. The van der Waals surface area contributed by atoms with Gasteiger partial charge in [0.1, 0.15) is 5.75 Å². The lowest BCUT2D eigenvalue weighted by Crippen LogP contribution is -2.43. The van der Waals surface area contributed by atoms with E-state index in [4.69, 9.17) is 9.47 Å². The number of halogens is 1. The smallest absolute Gasteiger partial charge is 0.258 e. The van der Waals surface area contributed by atoms with Crippen molar-refractivity contribution in [3.63, 3.8) is 0 Å². The van der Waals surface area contributed by atoms with Gasteiger partial charge in [-0.15, -0.1) is 0 Å². The lowest BCUT2D eigenvalue weighted by molar-refractivity contribution is -0.124. The van der Waals surface area contributed by atoms with Gasteiger partial charge in [-0.05, 0) is 36.8 Å². The Morgan fingerprint density at radius 1 is 1.20 bits per heavy atom. The van der Waals surface area contributed by atoms with E-state index in [1.165, 1.54) is 12.1 Å². The van der Waals surface area contributed by atoms with Crippen molar-refractivity contribution in [2.45, 2.75) is 18.9 Å². The summed E-state index contributed by atoms with van der Waals surface area (Å²) in [5, 5.41) is 13.0. The third-order valence-corrected chi connectivity index (χ3v) is 3.61. The van der Waals surface area contributed by atoms with Crippen LogP contribution in [0.15, 0.2) is 48.5 Å². The van der Waals surface area contributed by atoms with Crippen LogP contribution in [0.1, 0.15) is 12.5 Å². The van der Waals surface area contributed by atoms with E-state index < -0.39 is 17.3 Å². The molecule has 2 aromatic rings. The van der Waals surface area contributed by atoms with Crippen LogP contribution in [0.4, 0.5) is 4.39 Å². The number of nitrogens with one attached hydrogen (secondary N) is 1. The normalized spacial score (nSPS) is 13.0. The van der Waals surface area contributed by atoms with Gasteiger partial charge >= 0.3 is 0 Å². The van der Waals surface area contributed by atoms with Crippen molar-refractivity contribution in [3.8, 4) is 11.5 Å². The number of rotatable bonds is 8. The van der Waals surface area contributed by atoms with E-state index in [9.17, 15) is 14.3 Å². The van der Waals surface area contributed by atoms with E-state index in [1.54, 1.807) is 26.2 Å². The second-order valence-electron chi connectivity index (χ2n) is 6.02. The maximum atomic E-state index is 13.4. The molecule has 2 rings (SSSR count). The molecule has 0 spiro atoms. The van der Waals surface area contributed by atoms with Gasteiger partial charge in [0.15, 0.2) is 18.2 Å². The Morgan fingerprint density at radius 3 is 2.52 bits per heavy atom. The minimum Gasteiger partial charge on any atom is -0.497 e. The second kappa shape index (κ2) is 8.48. The van der Waals surface area contributed by atoms with Crippen molar-refractivity contribution in [1.29, 1.82) is 0 Å². The molecule has 1 atom stereocenters. The van der Waals surface area contributed by atoms with Crippen LogP contribution in [-0.4, -0.2) is 36.9 Å². The molecule has 2 N–H and O–H groups in total. The molecule has 5 nitrogen and oxygen atoms in total. The van der Waals surface area contributed by atoms with E-state index in [0.29, 0.717) is 6.42 Å². The molecule has 0 fully saturated rings. The van der Waals surface area contributed by atoms with Crippen LogP contribution in [0.25, 0.3) is 0 Å². The number of methoxy groups -OCH3 is 1. The predicted molar refractivity (Wildman–Crippen MR) is 92.2 cm³/mol. The van der Waals surface area contributed by atoms with E-state index in [0.717, 1.165) is 11.3 Å². The maximum Gasteiger partial charge on any atom is 0.258 e. The first-order valence-corrected chi connectivity index (χ1v) is 7.89. The summed E-state index contributed by atoms with van der Waals surface area (Å²) in [6.45, 7) is 1.37. The molecular weight excluding hydrogens is 325 g/mol. The number of aliphatic hydroxyl groups is 1. The summed E-state index contributed by atoms with van der Waals surface area (Å²) >= 11 is 0. The summed E-state index contributed by atoms with van der Waals surface area (Å²) in [5.74, 6) is -0.204. The quantitative estimate of drug-likeness (QED) is 0.769. The Kier molecular flexibility index (Phi) is 6.36. The molecule has 0 heterocycles. The van der Waals surface area contributed by atoms with Gasteiger partial charge in [0, 0.05) is 13.0 Å². The van der Waals surface area contributed by atoms with Crippen LogP contribution in [0, 0.1) is 5.82 Å². The molecule has 1 amide bonds. The van der Waals surface area contributed by atoms with Gasteiger partial charge in [-0.2, -0.15) is 0 Å². The van der Waals surface area contributed by atoms with Crippen LogP contribution in [0.5, 0.6) is 11.5 Å². The lowest BCUT2D eigenvalue weighted by atomic mass is 9.96. The molecule has 134 valence electrons. The first-order chi connectivity index (χ1) is 11.9. The second-order valence-corrected chi connectivity index (χ2v) is 6.02. The van der Waals surface area contributed by atoms with Gasteiger partial charge < -0.3 is 19.9 Å².